The first-order valence-corrected chi connectivity index (χ1v) is 7.46. The Labute approximate surface area is 137 Å². The van der Waals surface area contributed by atoms with Crippen molar-refractivity contribution in [3.63, 3.8) is 0 Å². The van der Waals surface area contributed by atoms with Gasteiger partial charge in [0.05, 0.1) is 7.11 Å². The Balaban J connectivity index is 1.67. The predicted octanol–water partition coefficient (Wildman–Crippen LogP) is 1.73. The Morgan fingerprint density at radius 2 is 1.71 bits per heavy atom. The molecule has 1 aromatic heterocycles. The monoisotopic (exact) mass is 334 g/mol. The van der Waals surface area contributed by atoms with Gasteiger partial charge in [0.15, 0.2) is 5.82 Å². The molecule has 0 aliphatic carbocycles. The van der Waals surface area contributed by atoms with Gasteiger partial charge in [-0.15, -0.1) is 10.2 Å². The number of benzene rings is 1. The number of piperazine rings is 1. The molecular weight excluding hydrogens is 318 g/mol. The van der Waals surface area contributed by atoms with Crippen LogP contribution in [-0.2, 0) is 0 Å². The number of halogens is 2. The van der Waals surface area contributed by atoms with Gasteiger partial charge in [0.2, 0.25) is 5.88 Å². The second-order valence-electron chi connectivity index (χ2n) is 5.31. The average Bonchev–Trinajstić information content (AvgIpc) is 2.62. The molecule has 0 bridgehead atoms. The predicted molar refractivity (Wildman–Crippen MR) is 83.1 cm³/mol. The van der Waals surface area contributed by atoms with E-state index in [9.17, 15) is 13.6 Å². The van der Waals surface area contributed by atoms with Gasteiger partial charge in [0.25, 0.3) is 5.91 Å². The van der Waals surface area contributed by atoms with Gasteiger partial charge in [0, 0.05) is 32.2 Å². The molecule has 0 unspecified atom stereocenters. The molecule has 1 saturated heterocycles. The molecule has 3 rings (SSSR count). The summed E-state index contributed by atoms with van der Waals surface area (Å²) in [6.07, 6.45) is 0. The number of amides is 1. The molecule has 1 amide bonds. The van der Waals surface area contributed by atoms with Crippen LogP contribution >= 0.6 is 0 Å². The molecule has 2 heterocycles. The maximum absolute atomic E-state index is 13.7. The highest BCUT2D eigenvalue weighted by Crippen LogP contribution is 2.18. The minimum atomic E-state index is -0.844. The van der Waals surface area contributed by atoms with Crippen LogP contribution in [0.25, 0.3) is 0 Å². The van der Waals surface area contributed by atoms with Crippen molar-refractivity contribution in [1.82, 2.24) is 15.1 Å². The fourth-order valence-corrected chi connectivity index (χ4v) is 2.59. The van der Waals surface area contributed by atoms with Crippen molar-refractivity contribution in [2.45, 2.75) is 0 Å². The SMILES string of the molecule is COc1ccc(N2CCN(C(=O)c3c(F)cccc3F)CC2)nn1. The van der Waals surface area contributed by atoms with Crippen molar-refractivity contribution >= 4 is 11.7 Å². The third-order valence-corrected chi connectivity index (χ3v) is 3.90. The van der Waals surface area contributed by atoms with Crippen LogP contribution in [0.5, 0.6) is 5.88 Å². The van der Waals surface area contributed by atoms with E-state index in [1.165, 1.54) is 18.1 Å². The third kappa shape index (κ3) is 3.12. The zero-order chi connectivity index (χ0) is 17.1. The number of nitrogens with zero attached hydrogens (tertiary/aromatic N) is 4. The van der Waals surface area contributed by atoms with Crippen molar-refractivity contribution in [2.75, 3.05) is 38.2 Å². The Hall–Kier alpha value is -2.77. The zero-order valence-corrected chi connectivity index (χ0v) is 13.1. The average molecular weight is 334 g/mol. The van der Waals surface area contributed by atoms with Gasteiger partial charge in [-0.1, -0.05) is 6.07 Å². The first kappa shape index (κ1) is 16.1. The number of ether oxygens (including phenoxy) is 1. The van der Waals surface area contributed by atoms with E-state index in [-0.39, 0.29) is 0 Å². The number of aromatic nitrogens is 2. The van der Waals surface area contributed by atoms with E-state index in [1.807, 2.05) is 4.90 Å². The van der Waals surface area contributed by atoms with E-state index in [0.717, 1.165) is 12.1 Å². The van der Waals surface area contributed by atoms with Crippen LogP contribution in [0.3, 0.4) is 0 Å². The van der Waals surface area contributed by atoms with Crippen molar-refractivity contribution in [1.29, 1.82) is 0 Å². The van der Waals surface area contributed by atoms with Gasteiger partial charge >= 0.3 is 0 Å². The van der Waals surface area contributed by atoms with Gasteiger partial charge in [-0.05, 0) is 18.2 Å². The third-order valence-electron chi connectivity index (χ3n) is 3.90. The summed E-state index contributed by atoms with van der Waals surface area (Å²) in [5.74, 6) is -1.24. The van der Waals surface area contributed by atoms with Crippen LogP contribution in [0.1, 0.15) is 10.4 Å². The Morgan fingerprint density at radius 3 is 2.25 bits per heavy atom. The normalized spacial score (nSPS) is 14.6. The first-order chi connectivity index (χ1) is 11.6. The van der Waals surface area contributed by atoms with Crippen LogP contribution in [0, 0.1) is 11.6 Å². The number of anilines is 1. The zero-order valence-electron chi connectivity index (χ0n) is 13.1. The maximum Gasteiger partial charge on any atom is 0.259 e. The summed E-state index contributed by atoms with van der Waals surface area (Å²) >= 11 is 0. The fourth-order valence-electron chi connectivity index (χ4n) is 2.59. The molecule has 1 aliphatic rings. The number of hydrogen-bond donors (Lipinski definition) is 0. The van der Waals surface area contributed by atoms with Crippen LogP contribution in [-0.4, -0.2) is 54.3 Å². The lowest BCUT2D eigenvalue weighted by Gasteiger charge is -2.35. The topological polar surface area (TPSA) is 58.6 Å². The Kier molecular flexibility index (Phi) is 4.54. The summed E-state index contributed by atoms with van der Waals surface area (Å²) in [4.78, 5) is 15.7. The van der Waals surface area contributed by atoms with E-state index in [2.05, 4.69) is 10.2 Å². The van der Waals surface area contributed by atoms with Gasteiger partial charge < -0.3 is 14.5 Å². The molecule has 126 valence electrons. The van der Waals surface area contributed by atoms with Gasteiger partial charge in [-0.3, -0.25) is 4.79 Å². The van der Waals surface area contributed by atoms with Crippen molar-refractivity contribution in [3.05, 3.63) is 47.5 Å². The van der Waals surface area contributed by atoms with E-state index in [4.69, 9.17) is 4.74 Å². The number of hydrogen-bond acceptors (Lipinski definition) is 5. The molecule has 0 radical (unpaired) electrons. The quantitative estimate of drug-likeness (QED) is 0.855. The number of rotatable bonds is 3. The minimum Gasteiger partial charge on any atom is -0.480 e. The lowest BCUT2D eigenvalue weighted by molar-refractivity contribution is 0.0736. The molecule has 0 N–H and O–H groups in total. The standard InChI is InChI=1S/C16H16F2N4O2/c1-24-14-6-5-13(19-20-14)21-7-9-22(10-8-21)16(23)15-11(17)3-2-4-12(15)18/h2-6H,7-10H2,1H3. The Bertz CT molecular complexity index is 711. The van der Waals surface area contributed by atoms with Crippen molar-refractivity contribution in [3.8, 4) is 5.88 Å². The summed E-state index contributed by atoms with van der Waals surface area (Å²) in [5.41, 5.74) is -0.504. The molecule has 0 spiro atoms. The molecule has 1 aromatic carbocycles. The van der Waals surface area contributed by atoms with Gasteiger partial charge in [-0.25, -0.2) is 8.78 Å². The van der Waals surface area contributed by atoms with Crippen LogP contribution in [0.15, 0.2) is 30.3 Å². The molecule has 1 fully saturated rings. The van der Waals surface area contributed by atoms with Crippen LogP contribution in [0.2, 0.25) is 0 Å². The summed E-state index contributed by atoms with van der Waals surface area (Å²) in [5, 5.41) is 7.96. The largest absolute Gasteiger partial charge is 0.480 e. The van der Waals surface area contributed by atoms with Crippen LogP contribution < -0.4 is 9.64 Å². The van der Waals surface area contributed by atoms with Gasteiger partial charge in [0.1, 0.15) is 17.2 Å². The maximum atomic E-state index is 13.7. The van der Waals surface area contributed by atoms with E-state index in [1.54, 1.807) is 12.1 Å². The Morgan fingerprint density at radius 1 is 1.04 bits per heavy atom. The molecule has 2 aromatic rings. The summed E-state index contributed by atoms with van der Waals surface area (Å²) < 4.78 is 32.4. The van der Waals surface area contributed by atoms with Crippen LogP contribution in [0.4, 0.5) is 14.6 Å². The first-order valence-electron chi connectivity index (χ1n) is 7.46. The molecule has 1 aliphatic heterocycles. The van der Waals surface area contributed by atoms with E-state index < -0.39 is 23.1 Å². The van der Waals surface area contributed by atoms with Crippen molar-refractivity contribution < 1.29 is 18.3 Å². The highest BCUT2D eigenvalue weighted by Gasteiger charge is 2.27. The lowest BCUT2D eigenvalue weighted by Crippen LogP contribution is -2.49. The highest BCUT2D eigenvalue weighted by atomic mass is 19.1. The molecular formula is C16H16F2N4O2. The molecule has 6 nitrogen and oxygen atoms in total. The second-order valence-corrected chi connectivity index (χ2v) is 5.31. The van der Waals surface area contributed by atoms with Crippen molar-refractivity contribution in [2.24, 2.45) is 0 Å². The molecule has 8 heteroatoms. The summed E-state index contributed by atoms with van der Waals surface area (Å²) in [6, 6.07) is 6.88. The summed E-state index contributed by atoms with van der Waals surface area (Å²) in [6.45, 7) is 1.70. The number of carbonyl (C=O) groups excluding carboxylic acids is 1. The number of methoxy groups -OCH3 is 1. The smallest absolute Gasteiger partial charge is 0.259 e. The molecule has 0 atom stereocenters. The van der Waals surface area contributed by atoms with E-state index >= 15 is 0 Å². The fraction of sp³-hybridized carbons (Fsp3) is 0.312. The summed E-state index contributed by atoms with van der Waals surface area (Å²) in [7, 11) is 1.51. The lowest BCUT2D eigenvalue weighted by atomic mass is 10.1. The molecule has 0 saturated carbocycles. The molecule has 24 heavy (non-hydrogen) atoms. The number of carbonyl (C=O) groups is 1. The second kappa shape index (κ2) is 6.77. The minimum absolute atomic E-state index is 0.348. The highest BCUT2D eigenvalue weighted by molar-refractivity contribution is 5.95. The van der Waals surface area contributed by atoms with E-state index in [0.29, 0.717) is 37.9 Å². The van der Waals surface area contributed by atoms with Gasteiger partial charge in [-0.2, -0.15) is 0 Å².